The van der Waals surface area contributed by atoms with E-state index in [1.54, 1.807) is 6.92 Å². The predicted molar refractivity (Wildman–Crippen MR) is 186 cm³/mol. The Morgan fingerprint density at radius 3 is 1.72 bits per heavy atom. The van der Waals surface area contributed by atoms with E-state index in [0.29, 0.717) is 29.4 Å². The van der Waals surface area contributed by atoms with Gasteiger partial charge < -0.3 is 19.9 Å². The molecule has 0 saturated carbocycles. The molecule has 0 amide bonds. The molecule has 1 radical (unpaired) electrons. The number of alkyl halides is 3. The molecule has 0 aliphatic heterocycles. The van der Waals surface area contributed by atoms with Crippen LogP contribution in [0.4, 0.5) is 13.2 Å². The van der Waals surface area contributed by atoms with Gasteiger partial charge in [0.25, 0.3) is 6.47 Å². The van der Waals surface area contributed by atoms with E-state index in [4.69, 9.17) is 5.11 Å². The first-order valence-corrected chi connectivity index (χ1v) is 15.9. The fourth-order valence-corrected chi connectivity index (χ4v) is 4.36. The van der Waals surface area contributed by atoms with Crippen molar-refractivity contribution in [2.24, 2.45) is 0 Å². The summed E-state index contributed by atoms with van der Waals surface area (Å²) in [5.41, 5.74) is 5.65. The van der Waals surface area contributed by atoms with Gasteiger partial charge in [0, 0.05) is 36.7 Å². The number of aromatic carboxylic acids is 1. The molecule has 0 unspecified atom stereocenters. The monoisotopic (exact) mass is 921 g/mol. The number of carboxylic acid groups (broad SMARTS) is 1. The minimum Gasteiger partial charge on any atom is -0.478 e. The molecule has 0 aliphatic rings. The maximum absolute atomic E-state index is 12.1. The zero-order valence-corrected chi connectivity index (χ0v) is 32.7. The summed E-state index contributed by atoms with van der Waals surface area (Å²) in [6.45, 7) is 15.2. The molecule has 18 heteroatoms. The van der Waals surface area contributed by atoms with Gasteiger partial charge in [0.2, 0.25) is 0 Å². The van der Waals surface area contributed by atoms with Gasteiger partial charge in [0.1, 0.15) is 17.4 Å². The number of rotatable bonds is 6. The average molecular weight is 920 g/mol. The maximum atomic E-state index is 12.1. The van der Waals surface area contributed by atoms with E-state index in [1.807, 2.05) is 12.4 Å². The topological polar surface area (TPSA) is 197 Å². The van der Waals surface area contributed by atoms with Gasteiger partial charge in [-0.25, -0.2) is 9.78 Å². The van der Waals surface area contributed by atoms with Gasteiger partial charge in [-0.3, -0.25) is 34.9 Å². The number of aromatic nitrogens is 10. The fourth-order valence-electron chi connectivity index (χ4n) is 4.36. The summed E-state index contributed by atoms with van der Waals surface area (Å²) in [7, 11) is 0. The molecule has 54 heavy (non-hydrogen) atoms. The number of pyridine rings is 4. The van der Waals surface area contributed by atoms with E-state index < -0.39 is 18.0 Å². The number of hydrogen-bond acceptors (Lipinski definition) is 11. The third-order valence-electron chi connectivity index (χ3n) is 7.20. The molecule has 6 aromatic heterocycles. The first-order chi connectivity index (χ1) is 24.8. The van der Waals surface area contributed by atoms with Crippen LogP contribution in [0.15, 0.2) is 73.3 Å². The molecular formula is C36H36F3N10O4Os. The van der Waals surface area contributed by atoms with Gasteiger partial charge in [0.05, 0.1) is 28.3 Å². The molecule has 0 saturated heterocycles. The van der Waals surface area contributed by atoms with E-state index in [1.165, 1.54) is 47.8 Å². The molecule has 0 aliphatic carbocycles. The number of carbonyl (C=O) groups excluding carboxylic acids is 1. The third kappa shape index (κ3) is 11.9. The number of nitrogens with one attached hydrogen (secondary N) is 1. The van der Waals surface area contributed by atoms with Crippen LogP contribution in [0.1, 0.15) is 74.7 Å². The predicted octanol–water partition coefficient (Wildman–Crippen LogP) is 6.66. The first-order valence-electron chi connectivity index (χ1n) is 15.9. The van der Waals surface area contributed by atoms with Crippen LogP contribution in [-0.2, 0) is 41.6 Å². The molecule has 0 spiro atoms. The third-order valence-corrected chi connectivity index (χ3v) is 7.20. The smallest absolute Gasteiger partial charge is 0.478 e. The zero-order chi connectivity index (χ0) is 39.0. The van der Waals surface area contributed by atoms with Crippen LogP contribution in [0.25, 0.3) is 34.4 Å². The summed E-state index contributed by atoms with van der Waals surface area (Å²) in [6, 6.07) is 14.3. The van der Waals surface area contributed by atoms with Crippen LogP contribution in [-0.4, -0.2) is 62.7 Å². The number of halogens is 3. The van der Waals surface area contributed by atoms with Crippen molar-refractivity contribution in [1.29, 1.82) is 0 Å². The SMILES string of the molecule is CC(C)(C)c1ccnc(-c2cc(C(C)(C)C)ccn2)c1.Cc1nc(-c2nc(C(F)(F)F)n[n-]2)n[nH]1.O=COc1ccnc(-c2cc(C(=O)O)ccn2)c1.[Os+]. The number of aromatic amines is 1. The number of hydrogen-bond donors (Lipinski definition) is 2. The molecular weight excluding hydrogens is 884 g/mol. The van der Waals surface area contributed by atoms with Gasteiger partial charge in [-0.05, 0) is 71.3 Å². The Morgan fingerprint density at radius 1 is 0.778 bits per heavy atom. The first kappa shape index (κ1) is 42.7. The minimum atomic E-state index is -4.60. The molecule has 0 aromatic carbocycles. The standard InChI is InChI=1S/C18H24N2.C12H8N2O4.C6H4F3N6.Os/c1-17(2,3)13-7-9-19-15(11-13)16-12-14(8-10-20-16)18(4,5)6;15-7-18-9-2-4-14-11(6-9)10-5-8(12(16)17)1-3-13-10;1-2-10-3(13-12-2)4-11-5(15-14-4)6(7,8)9;/h7-12H,1-6H3;1-7H,(H,16,17);1H3,(H-,10,11,12,13,14,15);/q;;-1;+1. The Labute approximate surface area is 321 Å². The summed E-state index contributed by atoms with van der Waals surface area (Å²) in [6.07, 6.45) is 1.98. The Morgan fingerprint density at radius 2 is 1.28 bits per heavy atom. The van der Waals surface area contributed by atoms with Crippen LogP contribution >= 0.6 is 0 Å². The summed E-state index contributed by atoms with van der Waals surface area (Å²) < 4.78 is 41.0. The van der Waals surface area contributed by atoms with E-state index in [9.17, 15) is 22.8 Å². The normalized spacial score (nSPS) is 11.2. The Balaban J connectivity index is 0.000000218. The number of aryl methyl sites for hydroxylation is 1. The van der Waals surface area contributed by atoms with Crippen molar-refractivity contribution in [2.75, 3.05) is 0 Å². The molecule has 14 nitrogen and oxygen atoms in total. The van der Waals surface area contributed by atoms with Gasteiger partial charge in [-0.15, -0.1) is 0 Å². The minimum absolute atomic E-state index is 0. The summed E-state index contributed by atoms with van der Waals surface area (Å²) in [4.78, 5) is 45.0. The zero-order valence-electron chi connectivity index (χ0n) is 30.2. The number of carboxylic acids is 1. The second-order valence-corrected chi connectivity index (χ2v) is 13.4. The van der Waals surface area contributed by atoms with Crippen LogP contribution in [0.2, 0.25) is 0 Å². The van der Waals surface area contributed by atoms with E-state index in [0.717, 1.165) is 11.4 Å². The fraction of sp³-hybridized carbons (Fsp3) is 0.278. The van der Waals surface area contributed by atoms with Crippen molar-refractivity contribution < 1.29 is 52.4 Å². The van der Waals surface area contributed by atoms with Crippen molar-refractivity contribution in [3.63, 3.8) is 0 Å². The molecule has 2 N–H and O–H groups in total. The van der Waals surface area contributed by atoms with Crippen molar-refractivity contribution >= 4 is 12.4 Å². The summed E-state index contributed by atoms with van der Waals surface area (Å²) in [5, 5.41) is 21.1. The molecule has 0 fully saturated rings. The maximum Gasteiger partial charge on any atom is 1.00 e. The van der Waals surface area contributed by atoms with Crippen molar-refractivity contribution in [2.45, 2.75) is 65.5 Å². The van der Waals surface area contributed by atoms with Gasteiger partial charge >= 0.3 is 31.9 Å². The average Bonchev–Trinajstić information content (AvgIpc) is 3.79. The second kappa shape index (κ2) is 17.8. The van der Waals surface area contributed by atoms with Crippen molar-refractivity contribution in [3.05, 3.63) is 102 Å². The number of ether oxygens (including phenoxy) is 1. The van der Waals surface area contributed by atoms with E-state index >= 15 is 0 Å². The van der Waals surface area contributed by atoms with E-state index in [2.05, 4.69) is 121 Å². The molecule has 6 rings (SSSR count). The largest absolute Gasteiger partial charge is 1.00 e. The molecule has 6 aromatic rings. The Bertz CT molecular complexity index is 2120. The van der Waals surface area contributed by atoms with Crippen LogP contribution in [0.5, 0.6) is 5.75 Å². The van der Waals surface area contributed by atoms with Crippen molar-refractivity contribution in [1.82, 2.24) is 50.3 Å². The summed E-state index contributed by atoms with van der Waals surface area (Å²) in [5.74, 6) is -1.80. The quantitative estimate of drug-likeness (QED) is 0.169. The number of H-pyrrole nitrogens is 1. The van der Waals surface area contributed by atoms with Crippen LogP contribution in [0, 0.1) is 6.92 Å². The Hall–Kier alpha value is -5.75. The van der Waals surface area contributed by atoms with Crippen molar-refractivity contribution in [3.8, 4) is 40.2 Å². The van der Waals surface area contributed by atoms with Gasteiger partial charge in [0.15, 0.2) is 5.82 Å². The van der Waals surface area contributed by atoms with Crippen LogP contribution < -0.4 is 9.84 Å². The molecule has 283 valence electrons. The Kier molecular flexibility index (Phi) is 14.1. The summed E-state index contributed by atoms with van der Waals surface area (Å²) >= 11 is 0. The van der Waals surface area contributed by atoms with E-state index in [-0.39, 0.29) is 47.8 Å². The second-order valence-electron chi connectivity index (χ2n) is 13.4. The number of carbonyl (C=O) groups is 2. The van der Waals surface area contributed by atoms with Gasteiger partial charge in [-0.1, -0.05) is 41.5 Å². The molecule has 0 atom stereocenters. The van der Waals surface area contributed by atoms with Crippen LogP contribution in [0.3, 0.4) is 0 Å². The molecule has 0 bridgehead atoms. The van der Waals surface area contributed by atoms with Gasteiger partial charge in [-0.2, -0.15) is 18.3 Å². The number of nitrogens with zero attached hydrogens (tertiary/aromatic N) is 9. The molecule has 6 heterocycles.